The predicted octanol–water partition coefficient (Wildman–Crippen LogP) is 18.3. The molecule has 0 rings (SSSR count). The van der Waals surface area contributed by atoms with Crippen LogP contribution < -0.4 is 0 Å². The van der Waals surface area contributed by atoms with Crippen molar-refractivity contribution in [1.29, 1.82) is 0 Å². The van der Waals surface area contributed by atoms with Gasteiger partial charge in [0.1, 0.15) is 13.2 Å². The van der Waals surface area contributed by atoms with E-state index in [1.54, 1.807) is 0 Å². The molecule has 0 fully saturated rings. The summed E-state index contributed by atoms with van der Waals surface area (Å²) < 4.78 is 16.8. The number of carbonyl (C=O) groups excluding carboxylic acids is 3. The topological polar surface area (TPSA) is 78.9 Å². The molecule has 0 bridgehead atoms. The van der Waals surface area contributed by atoms with Gasteiger partial charge in [0.25, 0.3) is 0 Å². The number of hydrogen-bond acceptors (Lipinski definition) is 6. The molecule has 0 spiro atoms. The second-order valence-electron chi connectivity index (χ2n) is 18.8. The molecule has 0 radical (unpaired) electrons. The predicted molar refractivity (Wildman–Crippen MR) is 270 cm³/mol. The number of hydrogen-bond donors (Lipinski definition) is 0. The quantitative estimate of drug-likeness (QED) is 0.0262. The molecule has 0 aromatic rings. The molecule has 0 N–H and O–H groups in total. The van der Waals surface area contributed by atoms with E-state index in [0.29, 0.717) is 19.3 Å². The molecule has 6 heteroatoms. The first-order valence-electron chi connectivity index (χ1n) is 27.8. The zero-order valence-electron chi connectivity index (χ0n) is 42.4. The molecule has 1 atom stereocenters. The van der Waals surface area contributed by atoms with Crippen molar-refractivity contribution in [1.82, 2.24) is 0 Å². The molecular weight excluding hydrogens is 781 g/mol. The van der Waals surface area contributed by atoms with Crippen LogP contribution in [0.4, 0.5) is 0 Å². The van der Waals surface area contributed by atoms with Crippen LogP contribution in [0, 0.1) is 0 Å². The summed E-state index contributed by atoms with van der Waals surface area (Å²) in [6, 6.07) is 0. The Labute approximate surface area is 392 Å². The summed E-state index contributed by atoms with van der Waals surface area (Å²) in [5.74, 6) is -0.867. The van der Waals surface area contributed by atoms with Crippen LogP contribution in [0.5, 0.6) is 0 Å². The van der Waals surface area contributed by atoms with Crippen LogP contribution in [0.2, 0.25) is 0 Å². The number of unbranched alkanes of at least 4 members (excludes halogenated alkanes) is 36. The summed E-state index contributed by atoms with van der Waals surface area (Å²) in [7, 11) is 0. The van der Waals surface area contributed by atoms with Gasteiger partial charge in [0.2, 0.25) is 0 Å². The Morgan fingerprint density at radius 2 is 0.619 bits per heavy atom. The monoisotopic (exact) mass is 887 g/mol. The van der Waals surface area contributed by atoms with E-state index < -0.39 is 6.10 Å². The maximum Gasteiger partial charge on any atom is 0.306 e. The minimum absolute atomic E-state index is 0.0704. The first-order valence-corrected chi connectivity index (χ1v) is 27.8. The average Bonchev–Trinajstić information content (AvgIpc) is 3.28. The zero-order valence-corrected chi connectivity index (χ0v) is 42.4. The minimum atomic E-state index is -0.771. The smallest absolute Gasteiger partial charge is 0.306 e. The van der Waals surface area contributed by atoms with Crippen molar-refractivity contribution in [2.45, 2.75) is 309 Å². The zero-order chi connectivity index (χ0) is 45.8. The second kappa shape index (κ2) is 52.5. The third-order valence-corrected chi connectivity index (χ3v) is 12.5. The van der Waals surface area contributed by atoms with Gasteiger partial charge in [0.05, 0.1) is 0 Å². The summed E-state index contributed by atoms with van der Waals surface area (Å²) in [6.07, 6.45) is 60.3. The number of allylic oxidation sites excluding steroid dienone is 4. The highest BCUT2D eigenvalue weighted by Crippen LogP contribution is 2.17. The average molecular weight is 887 g/mol. The highest BCUT2D eigenvalue weighted by Gasteiger charge is 2.19. The molecule has 0 aromatic carbocycles. The summed E-state index contributed by atoms with van der Waals surface area (Å²) in [5, 5.41) is 0. The SMILES string of the molecule is CC/C=C\C/C=C\CCCCCCCC(=O)OCC(COC(=O)CCCCCCCCCCCCCCCCCCCCC)OC(=O)CCCCCCCCCCCCCCCC. The van der Waals surface area contributed by atoms with Crippen molar-refractivity contribution >= 4 is 17.9 Å². The molecule has 0 amide bonds. The van der Waals surface area contributed by atoms with Crippen molar-refractivity contribution in [3.63, 3.8) is 0 Å². The maximum atomic E-state index is 12.8. The molecule has 63 heavy (non-hydrogen) atoms. The Balaban J connectivity index is 4.28. The van der Waals surface area contributed by atoms with Crippen LogP contribution in [0.3, 0.4) is 0 Å². The molecule has 0 saturated heterocycles. The van der Waals surface area contributed by atoms with Crippen molar-refractivity contribution in [2.24, 2.45) is 0 Å². The third kappa shape index (κ3) is 50.7. The lowest BCUT2D eigenvalue weighted by molar-refractivity contribution is -0.167. The minimum Gasteiger partial charge on any atom is -0.462 e. The van der Waals surface area contributed by atoms with Gasteiger partial charge in [-0.2, -0.15) is 0 Å². The number of ether oxygens (including phenoxy) is 3. The molecule has 6 nitrogen and oxygen atoms in total. The van der Waals surface area contributed by atoms with E-state index in [2.05, 4.69) is 45.1 Å². The van der Waals surface area contributed by atoms with E-state index >= 15 is 0 Å². The standard InChI is InChI=1S/C57H106O6/c1-4-7-10-13-16-19-22-25-27-28-29-30-31-33-35-38-41-44-47-50-56(59)62-53-54(52-61-55(58)49-46-43-40-37-34-24-21-18-15-12-9-6-3)63-57(60)51-48-45-42-39-36-32-26-23-20-17-14-11-8-5-2/h9,12,18,21,54H,4-8,10-11,13-17,19-20,22-53H2,1-3H3/b12-9-,21-18-. The molecule has 0 aliphatic rings. The van der Waals surface area contributed by atoms with E-state index in [4.69, 9.17) is 14.2 Å². The second-order valence-corrected chi connectivity index (χ2v) is 18.8. The number of rotatable bonds is 51. The summed E-state index contributed by atoms with van der Waals surface area (Å²) in [4.78, 5) is 38.0. The fourth-order valence-corrected chi connectivity index (χ4v) is 8.31. The van der Waals surface area contributed by atoms with E-state index in [-0.39, 0.29) is 31.1 Å². The lowest BCUT2D eigenvalue weighted by Gasteiger charge is -2.18. The van der Waals surface area contributed by atoms with E-state index in [1.807, 2.05) is 0 Å². The van der Waals surface area contributed by atoms with Gasteiger partial charge in [-0.3, -0.25) is 14.4 Å². The third-order valence-electron chi connectivity index (χ3n) is 12.5. The van der Waals surface area contributed by atoms with Crippen molar-refractivity contribution in [3.8, 4) is 0 Å². The van der Waals surface area contributed by atoms with E-state index in [9.17, 15) is 14.4 Å². The number of esters is 3. The molecule has 0 aromatic heterocycles. The molecule has 370 valence electrons. The molecule has 0 heterocycles. The first kappa shape index (κ1) is 60.9. The lowest BCUT2D eigenvalue weighted by Crippen LogP contribution is -2.30. The van der Waals surface area contributed by atoms with Crippen LogP contribution in [-0.4, -0.2) is 37.2 Å². The summed E-state index contributed by atoms with van der Waals surface area (Å²) in [5.41, 5.74) is 0. The Kier molecular flexibility index (Phi) is 50.8. The van der Waals surface area contributed by atoms with Crippen LogP contribution in [-0.2, 0) is 28.6 Å². The molecule has 0 saturated carbocycles. The van der Waals surface area contributed by atoms with Crippen LogP contribution >= 0.6 is 0 Å². The van der Waals surface area contributed by atoms with Gasteiger partial charge in [0.15, 0.2) is 6.10 Å². The van der Waals surface area contributed by atoms with Crippen molar-refractivity contribution in [2.75, 3.05) is 13.2 Å². The van der Waals surface area contributed by atoms with Crippen LogP contribution in [0.15, 0.2) is 24.3 Å². The fourth-order valence-electron chi connectivity index (χ4n) is 8.31. The van der Waals surface area contributed by atoms with E-state index in [1.165, 1.54) is 180 Å². The molecule has 0 aliphatic carbocycles. The highest BCUT2D eigenvalue weighted by atomic mass is 16.6. The van der Waals surface area contributed by atoms with Gasteiger partial charge in [0, 0.05) is 19.3 Å². The summed E-state index contributed by atoms with van der Waals surface area (Å²) >= 11 is 0. The summed E-state index contributed by atoms with van der Waals surface area (Å²) in [6.45, 7) is 6.56. The Morgan fingerprint density at radius 1 is 0.333 bits per heavy atom. The molecule has 1 unspecified atom stereocenters. The van der Waals surface area contributed by atoms with Gasteiger partial charge in [-0.1, -0.05) is 263 Å². The Bertz CT molecular complexity index is 1020. The largest absolute Gasteiger partial charge is 0.462 e. The fraction of sp³-hybridized carbons (Fsp3) is 0.877. The molecule has 0 aliphatic heterocycles. The van der Waals surface area contributed by atoms with Gasteiger partial charge >= 0.3 is 17.9 Å². The lowest BCUT2D eigenvalue weighted by atomic mass is 10.0. The number of carbonyl (C=O) groups is 3. The Morgan fingerprint density at radius 3 is 0.952 bits per heavy atom. The van der Waals surface area contributed by atoms with Gasteiger partial charge in [-0.15, -0.1) is 0 Å². The highest BCUT2D eigenvalue weighted by molar-refractivity contribution is 5.71. The molecular formula is C57H106O6. The maximum absolute atomic E-state index is 12.8. The van der Waals surface area contributed by atoms with E-state index in [0.717, 1.165) is 83.5 Å². The van der Waals surface area contributed by atoms with Gasteiger partial charge in [-0.05, 0) is 44.9 Å². The Hall–Kier alpha value is -2.11. The first-order chi connectivity index (χ1) is 31.0. The van der Waals surface area contributed by atoms with Crippen molar-refractivity contribution < 1.29 is 28.6 Å². The normalized spacial score (nSPS) is 12.1. The van der Waals surface area contributed by atoms with Crippen molar-refractivity contribution in [3.05, 3.63) is 24.3 Å². The van der Waals surface area contributed by atoms with Crippen LogP contribution in [0.1, 0.15) is 303 Å². The van der Waals surface area contributed by atoms with Gasteiger partial charge in [-0.25, -0.2) is 0 Å². The van der Waals surface area contributed by atoms with Crippen LogP contribution in [0.25, 0.3) is 0 Å². The van der Waals surface area contributed by atoms with Gasteiger partial charge < -0.3 is 14.2 Å².